The van der Waals surface area contributed by atoms with Crippen molar-refractivity contribution in [2.75, 3.05) is 0 Å². The number of phenols is 2. The van der Waals surface area contributed by atoms with E-state index >= 15 is 0 Å². The Morgan fingerprint density at radius 3 is 2.45 bits per heavy atom. The molecule has 3 rings (SSSR count). The molecule has 0 fully saturated rings. The van der Waals surface area contributed by atoms with Crippen LogP contribution in [0.25, 0.3) is 11.3 Å². The molecule has 0 aliphatic heterocycles. The maximum absolute atomic E-state index is 12.2. The molecule has 1 heterocycles. The predicted molar refractivity (Wildman–Crippen MR) is 110 cm³/mol. The van der Waals surface area contributed by atoms with E-state index in [-0.39, 0.29) is 28.5 Å². The van der Waals surface area contributed by atoms with Crippen LogP contribution in [0.3, 0.4) is 0 Å². The third-order valence-corrected chi connectivity index (χ3v) is 4.86. The van der Waals surface area contributed by atoms with Crippen LogP contribution in [0.2, 0.25) is 10.0 Å². The Morgan fingerprint density at radius 2 is 1.79 bits per heavy atom. The number of hydrogen-bond donors (Lipinski definition) is 4. The molecule has 0 saturated carbocycles. The topological polar surface area (TPSA) is 120 Å². The van der Waals surface area contributed by atoms with Gasteiger partial charge in [-0.25, -0.2) is 5.43 Å². The van der Waals surface area contributed by atoms with Crippen LogP contribution >= 0.6 is 23.2 Å². The molecule has 0 unspecified atom stereocenters. The number of carbonyl (C=O) groups excluding carboxylic acids is 1. The van der Waals surface area contributed by atoms with E-state index in [9.17, 15) is 20.1 Å². The number of carbonyl (C=O) groups is 1. The van der Waals surface area contributed by atoms with E-state index in [4.69, 9.17) is 23.2 Å². The SMILES string of the molecule is CC(=NNC(=O)c1ccc(O)c(O)c1)c1nn(C)c(-c2ccc(Cl)c(Cl)c2)c1O. The van der Waals surface area contributed by atoms with Crippen LogP contribution in [0.4, 0.5) is 0 Å². The van der Waals surface area contributed by atoms with Crippen molar-refractivity contribution in [3.63, 3.8) is 0 Å². The smallest absolute Gasteiger partial charge is 0.271 e. The van der Waals surface area contributed by atoms with Crippen molar-refractivity contribution in [3.05, 3.63) is 57.7 Å². The number of rotatable bonds is 4. The number of hydrazone groups is 1. The average molecular weight is 435 g/mol. The van der Waals surface area contributed by atoms with Gasteiger partial charge in [0, 0.05) is 18.2 Å². The van der Waals surface area contributed by atoms with Gasteiger partial charge >= 0.3 is 0 Å². The maximum Gasteiger partial charge on any atom is 0.271 e. The van der Waals surface area contributed by atoms with Gasteiger partial charge in [-0.15, -0.1) is 0 Å². The molecule has 0 radical (unpaired) electrons. The van der Waals surface area contributed by atoms with Crippen LogP contribution < -0.4 is 5.43 Å². The monoisotopic (exact) mass is 434 g/mol. The minimum Gasteiger partial charge on any atom is -0.504 e. The summed E-state index contributed by atoms with van der Waals surface area (Å²) in [6.45, 7) is 1.56. The zero-order chi connectivity index (χ0) is 21.3. The van der Waals surface area contributed by atoms with Crippen molar-refractivity contribution in [2.45, 2.75) is 6.92 Å². The zero-order valence-corrected chi connectivity index (χ0v) is 16.8. The van der Waals surface area contributed by atoms with E-state index in [2.05, 4.69) is 15.6 Å². The lowest BCUT2D eigenvalue weighted by Crippen LogP contribution is -2.19. The first-order chi connectivity index (χ1) is 13.7. The Balaban J connectivity index is 1.87. The lowest BCUT2D eigenvalue weighted by molar-refractivity contribution is 0.0954. The summed E-state index contributed by atoms with van der Waals surface area (Å²) < 4.78 is 1.46. The largest absolute Gasteiger partial charge is 0.504 e. The van der Waals surface area contributed by atoms with E-state index in [0.29, 0.717) is 21.3 Å². The van der Waals surface area contributed by atoms with E-state index in [1.54, 1.807) is 32.2 Å². The molecule has 10 heteroatoms. The second-order valence-electron chi connectivity index (χ2n) is 6.14. The number of nitrogens with one attached hydrogen (secondary N) is 1. The fourth-order valence-electron chi connectivity index (χ4n) is 2.64. The second-order valence-corrected chi connectivity index (χ2v) is 6.95. The van der Waals surface area contributed by atoms with E-state index < -0.39 is 11.7 Å². The van der Waals surface area contributed by atoms with Crippen LogP contribution in [0.1, 0.15) is 23.0 Å². The molecule has 0 saturated heterocycles. The number of aryl methyl sites for hydroxylation is 1. The second kappa shape index (κ2) is 8.02. The summed E-state index contributed by atoms with van der Waals surface area (Å²) in [6, 6.07) is 8.54. The lowest BCUT2D eigenvalue weighted by atomic mass is 10.1. The standard InChI is InChI=1S/C19H16Cl2N4O4/c1-9(22-23-19(29)11-4-6-14(26)15(27)8-11)16-18(28)17(25(2)24-16)10-3-5-12(20)13(21)7-10/h3-8,26-28H,1-2H3,(H,23,29). The number of nitrogens with zero attached hydrogens (tertiary/aromatic N) is 3. The van der Waals surface area contributed by atoms with Gasteiger partial charge in [0.05, 0.1) is 15.8 Å². The number of hydrogen-bond acceptors (Lipinski definition) is 6. The highest BCUT2D eigenvalue weighted by molar-refractivity contribution is 6.42. The molecule has 29 heavy (non-hydrogen) atoms. The number of aromatic nitrogens is 2. The van der Waals surface area contributed by atoms with Crippen molar-refractivity contribution < 1.29 is 20.1 Å². The summed E-state index contributed by atoms with van der Waals surface area (Å²) in [5.41, 5.74) is 3.84. The van der Waals surface area contributed by atoms with Crippen LogP contribution in [0.5, 0.6) is 17.2 Å². The number of amides is 1. The molecule has 1 amide bonds. The van der Waals surface area contributed by atoms with E-state index in [1.165, 1.54) is 16.8 Å². The van der Waals surface area contributed by atoms with Gasteiger partial charge in [0.1, 0.15) is 5.69 Å². The first kappa shape index (κ1) is 20.5. The van der Waals surface area contributed by atoms with Gasteiger partial charge in [-0.3, -0.25) is 9.48 Å². The molecule has 0 aliphatic carbocycles. The van der Waals surface area contributed by atoms with Gasteiger partial charge in [-0.2, -0.15) is 10.2 Å². The van der Waals surface area contributed by atoms with Crippen molar-refractivity contribution in [1.82, 2.24) is 15.2 Å². The van der Waals surface area contributed by atoms with Gasteiger partial charge in [0.15, 0.2) is 22.9 Å². The Kier molecular flexibility index (Phi) is 5.67. The van der Waals surface area contributed by atoms with Crippen molar-refractivity contribution in [2.24, 2.45) is 12.1 Å². The Morgan fingerprint density at radius 1 is 1.07 bits per heavy atom. The molecular weight excluding hydrogens is 419 g/mol. The quantitative estimate of drug-likeness (QED) is 0.283. The summed E-state index contributed by atoms with van der Waals surface area (Å²) in [6.07, 6.45) is 0. The summed E-state index contributed by atoms with van der Waals surface area (Å²) in [4.78, 5) is 12.2. The van der Waals surface area contributed by atoms with Gasteiger partial charge in [0.25, 0.3) is 5.91 Å². The fraction of sp³-hybridized carbons (Fsp3) is 0.105. The normalized spacial score (nSPS) is 11.5. The van der Waals surface area contributed by atoms with Crippen LogP contribution in [-0.4, -0.2) is 36.7 Å². The maximum atomic E-state index is 12.2. The van der Waals surface area contributed by atoms with Crippen molar-refractivity contribution >= 4 is 34.8 Å². The molecule has 0 spiro atoms. The summed E-state index contributed by atoms with van der Waals surface area (Å²) in [5, 5.41) is 38.4. The lowest BCUT2D eigenvalue weighted by Gasteiger charge is -2.05. The molecule has 0 aliphatic rings. The number of aromatic hydroxyl groups is 3. The molecule has 0 bridgehead atoms. The van der Waals surface area contributed by atoms with E-state index in [1.807, 2.05) is 0 Å². The molecule has 8 nitrogen and oxygen atoms in total. The molecule has 2 aromatic carbocycles. The highest BCUT2D eigenvalue weighted by atomic mass is 35.5. The van der Waals surface area contributed by atoms with E-state index in [0.717, 1.165) is 6.07 Å². The minimum atomic E-state index is -0.611. The molecular formula is C19H16Cl2N4O4. The number of benzene rings is 2. The first-order valence-electron chi connectivity index (χ1n) is 8.27. The summed E-state index contributed by atoms with van der Waals surface area (Å²) in [7, 11) is 1.64. The first-order valence-corrected chi connectivity index (χ1v) is 9.03. The molecule has 4 N–H and O–H groups in total. The van der Waals surface area contributed by atoms with Gasteiger partial charge in [-0.1, -0.05) is 29.3 Å². The average Bonchev–Trinajstić information content (AvgIpc) is 2.98. The molecule has 150 valence electrons. The van der Waals surface area contributed by atoms with Crippen LogP contribution in [-0.2, 0) is 7.05 Å². The van der Waals surface area contributed by atoms with Crippen LogP contribution in [0, 0.1) is 0 Å². The van der Waals surface area contributed by atoms with Gasteiger partial charge < -0.3 is 15.3 Å². The Bertz CT molecular complexity index is 1140. The zero-order valence-electron chi connectivity index (χ0n) is 15.3. The van der Waals surface area contributed by atoms with Crippen molar-refractivity contribution in [1.29, 1.82) is 0 Å². The predicted octanol–water partition coefficient (Wildman–Crippen LogP) is 3.66. The van der Waals surface area contributed by atoms with Crippen molar-refractivity contribution in [3.8, 4) is 28.5 Å². The third kappa shape index (κ3) is 4.13. The Hall–Kier alpha value is -3.23. The summed E-state index contributed by atoms with van der Waals surface area (Å²) >= 11 is 12.0. The Labute approximate surface area is 175 Å². The van der Waals surface area contributed by atoms with Crippen LogP contribution in [0.15, 0.2) is 41.5 Å². The third-order valence-electron chi connectivity index (χ3n) is 4.12. The molecule has 0 atom stereocenters. The molecule has 1 aromatic heterocycles. The summed E-state index contributed by atoms with van der Waals surface area (Å²) in [5.74, 6) is -1.51. The van der Waals surface area contributed by atoms with Gasteiger partial charge in [-0.05, 0) is 37.3 Å². The highest BCUT2D eigenvalue weighted by Gasteiger charge is 2.20. The highest BCUT2D eigenvalue weighted by Crippen LogP contribution is 2.35. The molecule has 3 aromatic rings. The minimum absolute atomic E-state index is 0.0959. The number of halogens is 2. The number of phenolic OH excluding ortho intramolecular Hbond substituents is 2. The van der Waals surface area contributed by atoms with Gasteiger partial charge in [0.2, 0.25) is 0 Å². The fourth-order valence-corrected chi connectivity index (χ4v) is 2.94.